The molecule has 0 aliphatic carbocycles. The summed E-state index contributed by atoms with van der Waals surface area (Å²) < 4.78 is 6.80. The van der Waals surface area contributed by atoms with Gasteiger partial charge in [0.25, 0.3) is 0 Å². The Morgan fingerprint density at radius 3 is 2.50 bits per heavy atom. The molecule has 162 valence electrons. The maximum atomic E-state index is 12.0. The zero-order valence-corrected chi connectivity index (χ0v) is 18.4. The van der Waals surface area contributed by atoms with Crippen LogP contribution in [0, 0.1) is 0 Å². The molecular weight excluding hydrogens is 400 g/mol. The van der Waals surface area contributed by atoms with E-state index in [2.05, 4.69) is 46.6 Å². The number of hydrogen-bond acceptors (Lipinski definition) is 5. The van der Waals surface area contributed by atoms with E-state index >= 15 is 0 Å². The van der Waals surface area contributed by atoms with Crippen molar-refractivity contribution in [3.05, 3.63) is 95.3 Å². The number of nitrogens with zero attached hydrogens (tertiary/aromatic N) is 3. The van der Waals surface area contributed by atoms with Crippen LogP contribution in [0.1, 0.15) is 27.2 Å². The molecule has 0 amide bonds. The van der Waals surface area contributed by atoms with Crippen molar-refractivity contribution in [3.8, 4) is 0 Å². The number of rotatable bonds is 7. The first-order valence-electron chi connectivity index (χ1n) is 10.4. The Bertz CT molecular complexity index is 1240. The van der Waals surface area contributed by atoms with Gasteiger partial charge in [0.05, 0.1) is 12.7 Å². The number of imidazole rings is 1. The molecule has 0 radical (unpaired) electrons. The quantitative estimate of drug-likeness (QED) is 0.423. The molecule has 0 bridgehead atoms. The molecule has 0 unspecified atom stereocenters. The third kappa shape index (κ3) is 4.64. The van der Waals surface area contributed by atoms with E-state index in [0.717, 1.165) is 22.8 Å². The predicted octanol–water partition coefficient (Wildman–Crippen LogP) is 4.97. The highest BCUT2D eigenvalue weighted by molar-refractivity contribution is 5.90. The highest BCUT2D eigenvalue weighted by atomic mass is 16.5. The number of carbonyl (C=O) groups excluding carboxylic acids is 1. The third-order valence-electron chi connectivity index (χ3n) is 5.22. The maximum absolute atomic E-state index is 12.0. The Morgan fingerprint density at radius 1 is 1.06 bits per heavy atom. The fourth-order valence-electron chi connectivity index (χ4n) is 3.44. The number of methoxy groups -OCH3 is 1. The summed E-state index contributed by atoms with van der Waals surface area (Å²) in [6.07, 6.45) is 5.87. The summed E-state index contributed by atoms with van der Waals surface area (Å²) >= 11 is 0. The summed E-state index contributed by atoms with van der Waals surface area (Å²) in [5.41, 5.74) is 5.33. The molecule has 4 rings (SSSR count). The first-order valence-corrected chi connectivity index (χ1v) is 10.4. The van der Waals surface area contributed by atoms with Gasteiger partial charge in [-0.3, -0.25) is 4.40 Å². The first-order chi connectivity index (χ1) is 15.5. The van der Waals surface area contributed by atoms with E-state index in [-0.39, 0.29) is 5.97 Å². The van der Waals surface area contributed by atoms with Crippen LogP contribution in [-0.4, -0.2) is 36.6 Å². The second kappa shape index (κ2) is 9.39. The highest BCUT2D eigenvalue weighted by Crippen LogP contribution is 2.23. The zero-order valence-electron chi connectivity index (χ0n) is 18.4. The summed E-state index contributed by atoms with van der Waals surface area (Å²) in [5.74, 6) is 0.480. The van der Waals surface area contributed by atoms with Gasteiger partial charge in [-0.1, -0.05) is 48.5 Å². The van der Waals surface area contributed by atoms with Gasteiger partial charge in [0.1, 0.15) is 17.2 Å². The van der Waals surface area contributed by atoms with Gasteiger partial charge in [0.2, 0.25) is 0 Å². The largest absolute Gasteiger partial charge is 0.465 e. The van der Waals surface area contributed by atoms with E-state index in [1.807, 2.05) is 55.0 Å². The van der Waals surface area contributed by atoms with E-state index in [0.29, 0.717) is 17.8 Å². The molecule has 0 aliphatic heterocycles. The average molecular weight is 427 g/mol. The molecule has 2 aromatic carbocycles. The van der Waals surface area contributed by atoms with E-state index in [1.165, 1.54) is 12.7 Å². The van der Waals surface area contributed by atoms with Crippen LogP contribution >= 0.6 is 0 Å². The second-order valence-electron chi connectivity index (χ2n) is 7.64. The number of hydrogen-bond donors (Lipinski definition) is 1. The number of ether oxygens (including phenoxy) is 1. The standard InChI is InChI=1S/C26H26N4O2/c1-29(2)22-12-9-19(10-13-22)11-14-23-25(27-18-20-7-5-4-6-8-20)30-16-15-21(26(31)32-3)17-24(30)28-23/h4-17,27H,18H2,1-3H3/b14-11+. The zero-order chi connectivity index (χ0) is 22.5. The lowest BCUT2D eigenvalue weighted by atomic mass is 10.1. The summed E-state index contributed by atoms with van der Waals surface area (Å²) in [6.45, 7) is 0.658. The van der Waals surface area contributed by atoms with Crippen molar-refractivity contribution in [2.45, 2.75) is 6.54 Å². The smallest absolute Gasteiger partial charge is 0.338 e. The Labute approximate surface area is 187 Å². The van der Waals surface area contributed by atoms with Crippen molar-refractivity contribution in [1.29, 1.82) is 0 Å². The minimum atomic E-state index is -0.382. The lowest BCUT2D eigenvalue weighted by Crippen LogP contribution is -2.07. The van der Waals surface area contributed by atoms with Gasteiger partial charge in [-0.15, -0.1) is 0 Å². The Kier molecular flexibility index (Phi) is 6.22. The van der Waals surface area contributed by atoms with Crippen molar-refractivity contribution in [3.63, 3.8) is 0 Å². The summed E-state index contributed by atoms with van der Waals surface area (Å²) in [4.78, 5) is 18.8. The van der Waals surface area contributed by atoms with Gasteiger partial charge in [0, 0.05) is 32.5 Å². The summed E-state index contributed by atoms with van der Waals surface area (Å²) in [6, 6.07) is 22.0. The van der Waals surface area contributed by atoms with Crippen LogP contribution in [0.5, 0.6) is 0 Å². The molecular formula is C26H26N4O2. The van der Waals surface area contributed by atoms with Gasteiger partial charge in [-0.05, 0) is 41.5 Å². The van der Waals surface area contributed by atoms with Crippen LogP contribution in [0.15, 0.2) is 72.9 Å². The van der Waals surface area contributed by atoms with Gasteiger partial charge >= 0.3 is 5.97 Å². The minimum absolute atomic E-state index is 0.382. The van der Waals surface area contributed by atoms with Crippen molar-refractivity contribution >= 4 is 35.3 Å². The molecule has 0 fully saturated rings. The fraction of sp³-hybridized carbons (Fsp3) is 0.154. The molecule has 2 heterocycles. The Hall–Kier alpha value is -4.06. The highest BCUT2D eigenvalue weighted by Gasteiger charge is 2.13. The number of anilines is 2. The summed E-state index contributed by atoms with van der Waals surface area (Å²) in [7, 11) is 5.42. The SMILES string of the molecule is COC(=O)c1ccn2c(NCc3ccccc3)c(/C=C/c3ccc(N(C)C)cc3)nc2c1. The normalized spacial score (nSPS) is 11.1. The topological polar surface area (TPSA) is 58.9 Å². The molecule has 0 saturated heterocycles. The molecule has 0 atom stereocenters. The number of pyridine rings is 1. The molecule has 0 saturated carbocycles. The maximum Gasteiger partial charge on any atom is 0.338 e. The van der Waals surface area contributed by atoms with Crippen LogP contribution in [0.25, 0.3) is 17.8 Å². The van der Waals surface area contributed by atoms with E-state index in [1.54, 1.807) is 12.1 Å². The van der Waals surface area contributed by atoms with Crippen molar-refractivity contribution in [2.24, 2.45) is 0 Å². The van der Waals surface area contributed by atoms with Gasteiger partial charge < -0.3 is 15.0 Å². The van der Waals surface area contributed by atoms with E-state index < -0.39 is 0 Å². The van der Waals surface area contributed by atoms with Crippen molar-refractivity contribution < 1.29 is 9.53 Å². The van der Waals surface area contributed by atoms with Crippen LogP contribution < -0.4 is 10.2 Å². The van der Waals surface area contributed by atoms with Crippen LogP contribution in [0.3, 0.4) is 0 Å². The predicted molar refractivity (Wildman–Crippen MR) is 130 cm³/mol. The number of aromatic nitrogens is 2. The van der Waals surface area contributed by atoms with Gasteiger partial charge in [-0.25, -0.2) is 9.78 Å². The molecule has 4 aromatic rings. The number of fused-ring (bicyclic) bond motifs is 1. The molecule has 2 aromatic heterocycles. The number of benzene rings is 2. The second-order valence-corrected chi connectivity index (χ2v) is 7.64. The van der Waals surface area contributed by atoms with Gasteiger partial charge in [0.15, 0.2) is 0 Å². The van der Waals surface area contributed by atoms with E-state index in [9.17, 15) is 4.79 Å². The average Bonchev–Trinajstić information content (AvgIpc) is 3.18. The molecule has 32 heavy (non-hydrogen) atoms. The number of nitrogens with one attached hydrogen (secondary N) is 1. The number of esters is 1. The Morgan fingerprint density at radius 2 is 1.81 bits per heavy atom. The Balaban J connectivity index is 1.68. The molecule has 6 heteroatoms. The first kappa shape index (κ1) is 21.2. The lowest BCUT2D eigenvalue weighted by molar-refractivity contribution is 0.0600. The molecule has 1 N–H and O–H groups in total. The minimum Gasteiger partial charge on any atom is -0.465 e. The van der Waals surface area contributed by atoms with Crippen LogP contribution in [0.4, 0.5) is 11.5 Å². The van der Waals surface area contributed by atoms with Gasteiger partial charge in [-0.2, -0.15) is 0 Å². The van der Waals surface area contributed by atoms with Crippen LogP contribution in [0.2, 0.25) is 0 Å². The van der Waals surface area contributed by atoms with Crippen molar-refractivity contribution in [1.82, 2.24) is 9.38 Å². The fourth-order valence-corrected chi connectivity index (χ4v) is 3.44. The van der Waals surface area contributed by atoms with E-state index in [4.69, 9.17) is 9.72 Å². The number of carbonyl (C=O) groups is 1. The molecule has 0 spiro atoms. The molecule has 6 nitrogen and oxygen atoms in total. The van der Waals surface area contributed by atoms with Crippen molar-refractivity contribution in [2.75, 3.05) is 31.4 Å². The summed E-state index contributed by atoms with van der Waals surface area (Å²) in [5, 5.41) is 3.50. The molecule has 0 aliphatic rings. The monoisotopic (exact) mass is 426 g/mol. The lowest BCUT2D eigenvalue weighted by Gasteiger charge is -2.11. The third-order valence-corrected chi connectivity index (χ3v) is 5.22. The van der Waals surface area contributed by atoms with Crippen LogP contribution in [-0.2, 0) is 11.3 Å².